The first kappa shape index (κ1) is 10.4. The van der Waals surface area contributed by atoms with Crippen LogP contribution in [0.25, 0.3) is 0 Å². The zero-order valence-corrected chi connectivity index (χ0v) is 9.07. The molecule has 0 bridgehead atoms. The summed E-state index contributed by atoms with van der Waals surface area (Å²) in [6.45, 7) is 8.54. The van der Waals surface area contributed by atoms with Gasteiger partial charge in [-0.15, -0.1) is 0 Å². The van der Waals surface area contributed by atoms with Gasteiger partial charge in [0.05, 0.1) is 0 Å². The van der Waals surface area contributed by atoms with Gasteiger partial charge in [0.15, 0.2) is 0 Å². The van der Waals surface area contributed by atoms with Gasteiger partial charge in [0.25, 0.3) is 0 Å². The average Bonchev–Trinajstić information content (AvgIpc) is 2.11. The van der Waals surface area contributed by atoms with E-state index in [0.29, 0.717) is 0 Å². The number of benzene rings is 1. The first-order chi connectivity index (χ1) is 6.07. The summed E-state index contributed by atoms with van der Waals surface area (Å²) in [5.41, 5.74) is 6.19. The van der Waals surface area contributed by atoms with Crippen molar-refractivity contribution in [1.29, 1.82) is 0 Å². The van der Waals surface area contributed by atoms with Crippen LogP contribution in [0, 0.1) is 20.8 Å². The molecule has 1 rings (SSSR count). The third-order valence-electron chi connectivity index (χ3n) is 2.79. The minimum Gasteiger partial charge on any atom is -0.0904 e. The summed E-state index contributed by atoms with van der Waals surface area (Å²) < 4.78 is 0. The number of aryl methyl sites for hydroxylation is 2. The summed E-state index contributed by atoms with van der Waals surface area (Å²) in [4.78, 5) is 0. The SMILES string of the molecule is [B]c1c(C)c(C)cc(CCC)c1C. The molecule has 1 heteroatoms. The fraction of sp³-hybridized carbons (Fsp3) is 0.500. The van der Waals surface area contributed by atoms with Gasteiger partial charge in [0, 0.05) is 0 Å². The molecule has 68 valence electrons. The second kappa shape index (κ2) is 4.00. The number of hydrogen-bond donors (Lipinski definition) is 0. The Morgan fingerprint density at radius 3 is 2.31 bits per heavy atom. The van der Waals surface area contributed by atoms with Crippen LogP contribution in [0.15, 0.2) is 6.07 Å². The molecule has 0 spiro atoms. The third kappa shape index (κ3) is 1.96. The molecule has 2 radical (unpaired) electrons. The Morgan fingerprint density at radius 1 is 1.15 bits per heavy atom. The Kier molecular flexibility index (Phi) is 3.19. The normalized spacial score (nSPS) is 10.5. The molecule has 0 unspecified atom stereocenters. The van der Waals surface area contributed by atoms with E-state index < -0.39 is 0 Å². The zero-order valence-electron chi connectivity index (χ0n) is 9.07. The van der Waals surface area contributed by atoms with Gasteiger partial charge in [0.2, 0.25) is 0 Å². The highest BCUT2D eigenvalue weighted by Gasteiger charge is 2.05. The molecule has 0 saturated heterocycles. The molecule has 1 aromatic rings. The molecule has 13 heavy (non-hydrogen) atoms. The van der Waals surface area contributed by atoms with Crippen LogP contribution in [-0.4, -0.2) is 7.85 Å². The van der Waals surface area contributed by atoms with E-state index in [9.17, 15) is 0 Å². The molecule has 0 amide bonds. The minimum absolute atomic E-state index is 0.975. The molecule has 1 aromatic carbocycles. The molecule has 0 saturated carbocycles. The molecular weight excluding hydrogens is 155 g/mol. The van der Waals surface area contributed by atoms with Crippen LogP contribution < -0.4 is 5.46 Å². The predicted octanol–water partition coefficient (Wildman–Crippen LogP) is 2.36. The second-order valence-corrected chi connectivity index (χ2v) is 3.77. The van der Waals surface area contributed by atoms with Gasteiger partial charge in [0.1, 0.15) is 7.85 Å². The lowest BCUT2D eigenvalue weighted by molar-refractivity contribution is 0.911. The van der Waals surface area contributed by atoms with Gasteiger partial charge < -0.3 is 0 Å². The van der Waals surface area contributed by atoms with E-state index >= 15 is 0 Å². The topological polar surface area (TPSA) is 0 Å². The van der Waals surface area contributed by atoms with Gasteiger partial charge in [-0.25, -0.2) is 0 Å². The first-order valence-electron chi connectivity index (χ1n) is 4.93. The minimum atomic E-state index is 0.975. The van der Waals surface area contributed by atoms with Crippen molar-refractivity contribution in [2.24, 2.45) is 0 Å². The Bertz CT molecular complexity index is 313. The fourth-order valence-electron chi connectivity index (χ4n) is 1.67. The molecular formula is C12H17B. The second-order valence-electron chi connectivity index (χ2n) is 3.77. The molecule has 0 aliphatic heterocycles. The lowest BCUT2D eigenvalue weighted by atomic mass is 9.81. The molecule has 0 N–H and O–H groups in total. The van der Waals surface area contributed by atoms with Crippen molar-refractivity contribution in [1.82, 2.24) is 0 Å². The maximum absolute atomic E-state index is 6.01. The van der Waals surface area contributed by atoms with E-state index in [4.69, 9.17) is 7.85 Å². The van der Waals surface area contributed by atoms with E-state index in [1.165, 1.54) is 28.7 Å². The first-order valence-corrected chi connectivity index (χ1v) is 4.93. The van der Waals surface area contributed by atoms with E-state index in [-0.39, 0.29) is 0 Å². The van der Waals surface area contributed by atoms with Crippen LogP contribution in [0.1, 0.15) is 35.6 Å². The monoisotopic (exact) mass is 172 g/mol. The molecule has 0 aliphatic carbocycles. The van der Waals surface area contributed by atoms with E-state index in [2.05, 4.69) is 33.8 Å². The third-order valence-corrected chi connectivity index (χ3v) is 2.79. The van der Waals surface area contributed by atoms with Crippen molar-refractivity contribution >= 4 is 13.3 Å². The van der Waals surface area contributed by atoms with Crippen molar-refractivity contribution in [3.63, 3.8) is 0 Å². The average molecular weight is 172 g/mol. The summed E-state index contributed by atoms with van der Waals surface area (Å²) in [6.07, 6.45) is 2.32. The Morgan fingerprint density at radius 2 is 1.77 bits per heavy atom. The Hall–Kier alpha value is -0.715. The highest BCUT2D eigenvalue weighted by atomic mass is 14.1. The van der Waals surface area contributed by atoms with Crippen LogP contribution >= 0.6 is 0 Å². The van der Waals surface area contributed by atoms with Gasteiger partial charge in [-0.1, -0.05) is 36.0 Å². The van der Waals surface area contributed by atoms with Crippen molar-refractivity contribution in [2.45, 2.75) is 40.5 Å². The summed E-state index contributed by atoms with van der Waals surface area (Å²) in [5.74, 6) is 0. The Labute approximate surface area is 82.8 Å². The van der Waals surface area contributed by atoms with Crippen molar-refractivity contribution in [3.8, 4) is 0 Å². The zero-order chi connectivity index (χ0) is 10.0. The number of rotatable bonds is 2. The van der Waals surface area contributed by atoms with Crippen LogP contribution in [0.2, 0.25) is 0 Å². The lowest BCUT2D eigenvalue weighted by Gasteiger charge is -2.13. The summed E-state index contributed by atoms with van der Waals surface area (Å²) in [6, 6.07) is 2.27. The van der Waals surface area contributed by atoms with Gasteiger partial charge >= 0.3 is 0 Å². The van der Waals surface area contributed by atoms with Crippen LogP contribution in [0.5, 0.6) is 0 Å². The quantitative estimate of drug-likeness (QED) is 0.600. The summed E-state index contributed by atoms with van der Waals surface area (Å²) in [7, 11) is 6.01. The Balaban J connectivity index is 3.24. The van der Waals surface area contributed by atoms with Gasteiger partial charge in [-0.2, -0.15) is 0 Å². The molecule has 0 nitrogen and oxygen atoms in total. The lowest BCUT2D eigenvalue weighted by Crippen LogP contribution is -2.15. The molecule has 0 aliphatic rings. The van der Waals surface area contributed by atoms with Crippen LogP contribution in [-0.2, 0) is 6.42 Å². The molecule has 0 atom stereocenters. The molecule has 0 heterocycles. The van der Waals surface area contributed by atoms with Crippen molar-refractivity contribution in [3.05, 3.63) is 28.3 Å². The van der Waals surface area contributed by atoms with Crippen LogP contribution in [0.4, 0.5) is 0 Å². The standard InChI is InChI=1S/C12H17B/c1-5-6-11-7-8(2)9(3)12(13)10(11)4/h7H,5-6H2,1-4H3. The van der Waals surface area contributed by atoms with E-state index in [1.807, 2.05) is 0 Å². The maximum atomic E-state index is 6.01. The molecule has 0 fully saturated rings. The van der Waals surface area contributed by atoms with E-state index in [1.54, 1.807) is 0 Å². The van der Waals surface area contributed by atoms with Gasteiger partial charge in [-0.05, 0) is 38.3 Å². The van der Waals surface area contributed by atoms with Crippen molar-refractivity contribution < 1.29 is 0 Å². The smallest absolute Gasteiger partial charge is 0.0904 e. The summed E-state index contributed by atoms with van der Waals surface area (Å²) in [5, 5.41) is 0. The highest BCUT2D eigenvalue weighted by molar-refractivity contribution is 6.34. The highest BCUT2D eigenvalue weighted by Crippen LogP contribution is 2.14. The van der Waals surface area contributed by atoms with Crippen LogP contribution in [0.3, 0.4) is 0 Å². The largest absolute Gasteiger partial charge is 0.114 e. The fourth-order valence-corrected chi connectivity index (χ4v) is 1.67. The van der Waals surface area contributed by atoms with E-state index in [0.717, 1.165) is 11.9 Å². The predicted molar refractivity (Wildman–Crippen MR) is 60.0 cm³/mol. The maximum Gasteiger partial charge on any atom is 0.114 e. The number of hydrogen-bond acceptors (Lipinski definition) is 0. The summed E-state index contributed by atoms with van der Waals surface area (Å²) >= 11 is 0. The van der Waals surface area contributed by atoms with Crippen molar-refractivity contribution in [2.75, 3.05) is 0 Å². The van der Waals surface area contributed by atoms with Gasteiger partial charge in [-0.3, -0.25) is 0 Å². The molecule has 0 aromatic heterocycles.